The molecule has 1 fully saturated rings. The maximum absolute atomic E-state index is 12.1. The summed E-state index contributed by atoms with van der Waals surface area (Å²) >= 11 is 0. The van der Waals surface area contributed by atoms with Crippen molar-refractivity contribution in [3.05, 3.63) is 0 Å². The molecule has 1 aliphatic rings. The number of rotatable bonds is 6. The van der Waals surface area contributed by atoms with Gasteiger partial charge >= 0.3 is 0 Å². The fourth-order valence-corrected chi connectivity index (χ4v) is 2.59. The van der Waals surface area contributed by atoms with Gasteiger partial charge in [0.1, 0.15) is 0 Å². The zero-order chi connectivity index (χ0) is 12.0. The fourth-order valence-electron chi connectivity index (χ4n) is 2.59. The molecule has 0 aromatic carbocycles. The number of hydrogen-bond acceptors (Lipinski definition) is 2. The van der Waals surface area contributed by atoms with Gasteiger partial charge in [-0.25, -0.2) is 0 Å². The summed E-state index contributed by atoms with van der Waals surface area (Å²) in [7, 11) is 0. The van der Waals surface area contributed by atoms with Crippen molar-refractivity contribution < 1.29 is 4.79 Å². The summed E-state index contributed by atoms with van der Waals surface area (Å²) in [6.07, 6.45) is 6.85. The molecule has 0 saturated heterocycles. The molecule has 0 aromatic rings. The molecule has 0 unspecified atom stereocenters. The highest BCUT2D eigenvalue weighted by Gasteiger charge is 2.33. The van der Waals surface area contributed by atoms with Gasteiger partial charge in [-0.15, -0.1) is 0 Å². The quantitative estimate of drug-likeness (QED) is 0.728. The van der Waals surface area contributed by atoms with E-state index in [-0.39, 0.29) is 11.3 Å². The normalized spacial score (nSPS) is 17.7. The van der Waals surface area contributed by atoms with E-state index in [1.807, 2.05) is 13.8 Å². The zero-order valence-electron chi connectivity index (χ0n) is 10.7. The SMILES string of the molecule is CCC(CC)(CN)C(=O)NCC1CCCC1. The van der Waals surface area contributed by atoms with Crippen LogP contribution in [0.5, 0.6) is 0 Å². The van der Waals surface area contributed by atoms with Crippen LogP contribution in [0, 0.1) is 11.3 Å². The van der Waals surface area contributed by atoms with Crippen LogP contribution in [0.4, 0.5) is 0 Å². The van der Waals surface area contributed by atoms with E-state index in [2.05, 4.69) is 5.32 Å². The van der Waals surface area contributed by atoms with Crippen molar-refractivity contribution in [3.8, 4) is 0 Å². The van der Waals surface area contributed by atoms with E-state index in [4.69, 9.17) is 5.73 Å². The van der Waals surface area contributed by atoms with Crippen molar-refractivity contribution in [2.45, 2.75) is 52.4 Å². The first-order valence-corrected chi connectivity index (χ1v) is 6.67. The van der Waals surface area contributed by atoms with Gasteiger partial charge in [-0.05, 0) is 31.6 Å². The second kappa shape index (κ2) is 6.24. The summed E-state index contributed by atoms with van der Waals surface area (Å²) in [5.41, 5.74) is 5.42. The van der Waals surface area contributed by atoms with Gasteiger partial charge in [0.05, 0.1) is 5.41 Å². The lowest BCUT2D eigenvalue weighted by molar-refractivity contribution is -0.131. The monoisotopic (exact) mass is 226 g/mol. The van der Waals surface area contributed by atoms with Gasteiger partial charge in [-0.2, -0.15) is 0 Å². The van der Waals surface area contributed by atoms with Crippen LogP contribution in [0.15, 0.2) is 0 Å². The van der Waals surface area contributed by atoms with E-state index < -0.39 is 0 Å². The maximum Gasteiger partial charge on any atom is 0.227 e. The van der Waals surface area contributed by atoms with E-state index in [9.17, 15) is 4.79 Å². The Morgan fingerprint density at radius 3 is 2.31 bits per heavy atom. The Bertz CT molecular complexity index is 210. The third-order valence-corrected chi connectivity index (χ3v) is 4.25. The van der Waals surface area contributed by atoms with Gasteiger partial charge in [0.15, 0.2) is 0 Å². The molecular formula is C13H26N2O. The molecule has 0 spiro atoms. The summed E-state index contributed by atoms with van der Waals surface area (Å²) in [4.78, 5) is 12.1. The molecule has 1 amide bonds. The van der Waals surface area contributed by atoms with Crippen LogP contribution < -0.4 is 11.1 Å². The third-order valence-electron chi connectivity index (χ3n) is 4.25. The Labute approximate surface area is 99.2 Å². The van der Waals surface area contributed by atoms with Gasteiger partial charge in [-0.1, -0.05) is 26.7 Å². The molecule has 16 heavy (non-hydrogen) atoms. The van der Waals surface area contributed by atoms with Gasteiger partial charge in [0.25, 0.3) is 0 Å². The molecule has 0 aromatic heterocycles. The Balaban J connectivity index is 2.42. The van der Waals surface area contributed by atoms with Crippen LogP contribution in [0.1, 0.15) is 52.4 Å². The lowest BCUT2D eigenvalue weighted by Crippen LogP contribution is -2.46. The van der Waals surface area contributed by atoms with Crippen LogP contribution in [0.3, 0.4) is 0 Å². The van der Waals surface area contributed by atoms with Gasteiger partial charge < -0.3 is 11.1 Å². The molecule has 1 saturated carbocycles. The highest BCUT2D eigenvalue weighted by Crippen LogP contribution is 2.27. The largest absolute Gasteiger partial charge is 0.355 e. The molecule has 3 N–H and O–H groups in total. The number of hydrogen-bond donors (Lipinski definition) is 2. The molecule has 0 bridgehead atoms. The number of nitrogens with two attached hydrogens (primary N) is 1. The van der Waals surface area contributed by atoms with Crippen molar-refractivity contribution in [1.82, 2.24) is 5.32 Å². The first kappa shape index (κ1) is 13.5. The molecule has 0 radical (unpaired) electrons. The van der Waals surface area contributed by atoms with Crippen LogP contribution in [0.25, 0.3) is 0 Å². The average molecular weight is 226 g/mol. The summed E-state index contributed by atoms with van der Waals surface area (Å²) < 4.78 is 0. The van der Waals surface area contributed by atoms with E-state index in [0.29, 0.717) is 12.5 Å². The molecule has 0 aliphatic heterocycles. The van der Waals surface area contributed by atoms with E-state index >= 15 is 0 Å². The van der Waals surface area contributed by atoms with E-state index in [0.717, 1.165) is 19.4 Å². The van der Waals surface area contributed by atoms with Crippen LogP contribution in [0.2, 0.25) is 0 Å². The second-order valence-corrected chi connectivity index (χ2v) is 5.05. The summed E-state index contributed by atoms with van der Waals surface area (Å²) in [6, 6.07) is 0. The molecule has 1 aliphatic carbocycles. The summed E-state index contributed by atoms with van der Waals surface area (Å²) in [5.74, 6) is 0.861. The number of amides is 1. The van der Waals surface area contributed by atoms with Crippen molar-refractivity contribution in [2.75, 3.05) is 13.1 Å². The Morgan fingerprint density at radius 2 is 1.88 bits per heavy atom. The van der Waals surface area contributed by atoms with Crippen LogP contribution in [-0.2, 0) is 4.79 Å². The Morgan fingerprint density at radius 1 is 1.31 bits per heavy atom. The molecule has 3 heteroatoms. The highest BCUT2D eigenvalue weighted by atomic mass is 16.2. The predicted octanol–water partition coefficient (Wildman–Crippen LogP) is 2.06. The average Bonchev–Trinajstić information content (AvgIpc) is 2.82. The van der Waals surface area contributed by atoms with Crippen molar-refractivity contribution in [3.63, 3.8) is 0 Å². The van der Waals surface area contributed by atoms with Crippen molar-refractivity contribution in [2.24, 2.45) is 17.1 Å². The van der Waals surface area contributed by atoms with Gasteiger partial charge in [0.2, 0.25) is 5.91 Å². The lowest BCUT2D eigenvalue weighted by Gasteiger charge is -2.29. The van der Waals surface area contributed by atoms with Crippen molar-refractivity contribution in [1.29, 1.82) is 0 Å². The lowest BCUT2D eigenvalue weighted by atomic mass is 9.81. The minimum Gasteiger partial charge on any atom is -0.355 e. The molecule has 1 rings (SSSR count). The predicted molar refractivity (Wildman–Crippen MR) is 67.0 cm³/mol. The Kier molecular flexibility index (Phi) is 5.26. The zero-order valence-corrected chi connectivity index (χ0v) is 10.7. The van der Waals surface area contributed by atoms with Crippen molar-refractivity contribution >= 4 is 5.91 Å². The summed E-state index contributed by atoms with van der Waals surface area (Å²) in [6.45, 7) is 5.40. The van der Waals surface area contributed by atoms with E-state index in [1.54, 1.807) is 0 Å². The van der Waals surface area contributed by atoms with Crippen LogP contribution in [-0.4, -0.2) is 19.0 Å². The number of nitrogens with one attached hydrogen (secondary N) is 1. The Hall–Kier alpha value is -0.570. The minimum atomic E-state index is -0.335. The highest BCUT2D eigenvalue weighted by molar-refractivity contribution is 5.82. The van der Waals surface area contributed by atoms with Gasteiger partial charge in [0, 0.05) is 13.1 Å². The topological polar surface area (TPSA) is 55.1 Å². The number of carbonyl (C=O) groups is 1. The maximum atomic E-state index is 12.1. The fraction of sp³-hybridized carbons (Fsp3) is 0.923. The summed E-state index contributed by atoms with van der Waals surface area (Å²) in [5, 5.41) is 3.10. The smallest absolute Gasteiger partial charge is 0.227 e. The molecule has 0 heterocycles. The molecule has 0 atom stereocenters. The second-order valence-electron chi connectivity index (χ2n) is 5.05. The van der Waals surface area contributed by atoms with E-state index in [1.165, 1.54) is 25.7 Å². The first-order valence-electron chi connectivity index (χ1n) is 6.67. The van der Waals surface area contributed by atoms with Gasteiger partial charge in [-0.3, -0.25) is 4.79 Å². The third kappa shape index (κ3) is 2.97. The number of carbonyl (C=O) groups excluding carboxylic acids is 1. The van der Waals surface area contributed by atoms with Crippen LogP contribution >= 0.6 is 0 Å². The minimum absolute atomic E-state index is 0.159. The molecule has 94 valence electrons. The molecule has 3 nitrogen and oxygen atoms in total. The standard InChI is InChI=1S/C13H26N2O/c1-3-13(4-2,10-14)12(16)15-9-11-7-5-6-8-11/h11H,3-10,14H2,1-2H3,(H,15,16). The first-order chi connectivity index (χ1) is 7.68. The molecular weight excluding hydrogens is 200 g/mol.